The van der Waals surface area contributed by atoms with Crippen molar-refractivity contribution in [2.24, 2.45) is 0 Å². The standard InChI is InChI=1S/C38H42FN3O6S/c1-47-35-23-22-32(25-36(35)48-2)42(49(45,46)33-16-10-5-11-17-33)27-37(43)41(26-29-18-20-30(39)21-19-29)34(24-28-12-6-3-7-13-28)38(44)40-31-14-8-4-9-15-31/h3,5-7,10-13,16-23,25,31,34H,4,8-9,14-15,24,26-27H2,1-2H3,(H,40,44)/t34-/m1/s1. The molecule has 1 atom stereocenters. The second kappa shape index (κ2) is 16.5. The largest absolute Gasteiger partial charge is 0.493 e. The van der Waals surface area contributed by atoms with E-state index in [-0.39, 0.29) is 41.2 Å². The zero-order chi connectivity index (χ0) is 34.8. The first-order valence-electron chi connectivity index (χ1n) is 16.4. The van der Waals surface area contributed by atoms with Gasteiger partial charge in [0.25, 0.3) is 10.0 Å². The molecule has 1 N–H and O–H groups in total. The number of halogens is 1. The van der Waals surface area contributed by atoms with Crippen LogP contribution in [0.1, 0.15) is 43.2 Å². The molecule has 11 heteroatoms. The maximum atomic E-state index is 14.7. The van der Waals surface area contributed by atoms with Crippen molar-refractivity contribution in [1.82, 2.24) is 10.2 Å². The molecular weight excluding hydrogens is 645 g/mol. The van der Waals surface area contributed by atoms with E-state index < -0.39 is 34.3 Å². The predicted octanol–water partition coefficient (Wildman–Crippen LogP) is 6.13. The highest BCUT2D eigenvalue weighted by atomic mass is 32.2. The summed E-state index contributed by atoms with van der Waals surface area (Å²) in [5.74, 6) is -0.716. The van der Waals surface area contributed by atoms with Crippen molar-refractivity contribution in [2.45, 2.75) is 62.0 Å². The smallest absolute Gasteiger partial charge is 0.264 e. The monoisotopic (exact) mass is 687 g/mol. The van der Waals surface area contributed by atoms with Gasteiger partial charge in [0.15, 0.2) is 11.5 Å². The lowest BCUT2D eigenvalue weighted by Crippen LogP contribution is -2.55. The Bertz CT molecular complexity index is 1800. The molecule has 0 aromatic heterocycles. The highest BCUT2D eigenvalue weighted by Crippen LogP contribution is 2.34. The highest BCUT2D eigenvalue weighted by molar-refractivity contribution is 7.92. The molecule has 1 saturated carbocycles. The SMILES string of the molecule is COc1ccc(N(CC(=O)N(Cc2ccc(F)cc2)[C@H](Cc2ccccc2)C(=O)NC2CCCCC2)S(=O)(=O)c2ccccc2)cc1OC. The first kappa shape index (κ1) is 35.4. The molecule has 0 aliphatic heterocycles. The Morgan fingerprint density at radius 2 is 1.45 bits per heavy atom. The van der Waals surface area contributed by atoms with E-state index in [4.69, 9.17) is 9.47 Å². The van der Waals surface area contributed by atoms with Gasteiger partial charge in [-0.15, -0.1) is 0 Å². The minimum atomic E-state index is -4.29. The Hall–Kier alpha value is -4.90. The van der Waals surface area contributed by atoms with Crippen molar-refractivity contribution < 1.29 is 31.9 Å². The van der Waals surface area contributed by atoms with Gasteiger partial charge in [0.1, 0.15) is 18.4 Å². The maximum Gasteiger partial charge on any atom is 0.264 e. The number of carbonyl (C=O) groups excluding carboxylic acids is 2. The minimum Gasteiger partial charge on any atom is -0.493 e. The number of methoxy groups -OCH3 is 2. The van der Waals surface area contributed by atoms with Crippen LogP contribution in [-0.4, -0.2) is 58.0 Å². The van der Waals surface area contributed by atoms with Gasteiger partial charge in [-0.25, -0.2) is 12.8 Å². The van der Waals surface area contributed by atoms with Crippen LogP contribution in [-0.2, 0) is 32.6 Å². The molecule has 0 saturated heterocycles. The van der Waals surface area contributed by atoms with Crippen LogP contribution in [0.3, 0.4) is 0 Å². The van der Waals surface area contributed by atoms with Crippen molar-refractivity contribution in [3.05, 3.63) is 120 Å². The molecule has 1 aliphatic carbocycles. The van der Waals surface area contributed by atoms with Crippen molar-refractivity contribution in [3.8, 4) is 11.5 Å². The van der Waals surface area contributed by atoms with Crippen LogP contribution in [0.25, 0.3) is 0 Å². The predicted molar refractivity (Wildman–Crippen MR) is 186 cm³/mol. The molecule has 0 bridgehead atoms. The highest BCUT2D eigenvalue weighted by Gasteiger charge is 2.35. The molecule has 4 aromatic carbocycles. The Balaban J connectivity index is 1.58. The average molecular weight is 688 g/mol. The first-order chi connectivity index (χ1) is 23.7. The van der Waals surface area contributed by atoms with E-state index >= 15 is 0 Å². The van der Waals surface area contributed by atoms with E-state index in [0.29, 0.717) is 11.3 Å². The van der Waals surface area contributed by atoms with E-state index in [1.165, 1.54) is 55.5 Å². The molecule has 9 nitrogen and oxygen atoms in total. The Morgan fingerprint density at radius 3 is 2.08 bits per heavy atom. The molecular formula is C38H42FN3O6S. The van der Waals surface area contributed by atoms with E-state index in [9.17, 15) is 22.4 Å². The normalized spacial score (nSPS) is 14.0. The number of sulfonamides is 1. The molecule has 0 heterocycles. The lowest BCUT2D eigenvalue weighted by molar-refractivity contribution is -0.140. The van der Waals surface area contributed by atoms with E-state index in [1.54, 1.807) is 36.4 Å². The summed E-state index contributed by atoms with van der Waals surface area (Å²) < 4.78 is 54.3. The molecule has 258 valence electrons. The fraction of sp³-hybridized carbons (Fsp3) is 0.316. The third kappa shape index (κ3) is 8.97. The molecule has 2 amide bonds. The van der Waals surface area contributed by atoms with Gasteiger partial charge in [-0.2, -0.15) is 0 Å². The summed E-state index contributed by atoms with van der Waals surface area (Å²) in [5.41, 5.74) is 1.58. The van der Waals surface area contributed by atoms with Crippen LogP contribution in [0.4, 0.5) is 10.1 Å². The number of rotatable bonds is 14. The lowest BCUT2D eigenvalue weighted by Gasteiger charge is -2.35. The summed E-state index contributed by atoms with van der Waals surface area (Å²) in [6, 6.07) is 26.5. The van der Waals surface area contributed by atoms with Crippen LogP contribution < -0.4 is 19.1 Å². The number of amides is 2. The Kier molecular flexibility index (Phi) is 11.9. The summed E-state index contributed by atoms with van der Waals surface area (Å²) >= 11 is 0. The van der Waals surface area contributed by atoms with Crippen molar-refractivity contribution in [1.29, 1.82) is 0 Å². The van der Waals surface area contributed by atoms with Gasteiger partial charge in [-0.05, 0) is 60.4 Å². The van der Waals surface area contributed by atoms with Gasteiger partial charge < -0.3 is 19.7 Å². The van der Waals surface area contributed by atoms with Crippen LogP contribution in [0.15, 0.2) is 108 Å². The van der Waals surface area contributed by atoms with E-state index in [1.807, 2.05) is 30.3 Å². The van der Waals surface area contributed by atoms with Gasteiger partial charge in [-0.1, -0.05) is 79.9 Å². The summed E-state index contributed by atoms with van der Waals surface area (Å²) in [5, 5.41) is 3.18. The molecule has 4 aromatic rings. The topological polar surface area (TPSA) is 105 Å². The fourth-order valence-corrected chi connectivity index (χ4v) is 7.54. The van der Waals surface area contributed by atoms with Gasteiger partial charge in [0.05, 0.1) is 24.8 Å². The van der Waals surface area contributed by atoms with Crippen molar-refractivity contribution in [3.63, 3.8) is 0 Å². The summed E-state index contributed by atoms with van der Waals surface area (Å²) in [6.45, 7) is -0.685. The van der Waals surface area contributed by atoms with Crippen molar-refractivity contribution in [2.75, 3.05) is 25.1 Å². The average Bonchev–Trinajstić information content (AvgIpc) is 3.13. The molecule has 0 spiro atoms. The van der Waals surface area contributed by atoms with E-state index in [0.717, 1.165) is 42.0 Å². The third-order valence-electron chi connectivity index (χ3n) is 8.75. The zero-order valence-corrected chi connectivity index (χ0v) is 28.6. The second-order valence-electron chi connectivity index (χ2n) is 12.1. The maximum absolute atomic E-state index is 14.7. The number of anilines is 1. The van der Waals surface area contributed by atoms with Crippen LogP contribution >= 0.6 is 0 Å². The number of hydrogen-bond donors (Lipinski definition) is 1. The molecule has 49 heavy (non-hydrogen) atoms. The number of hydrogen-bond acceptors (Lipinski definition) is 6. The van der Waals surface area contributed by atoms with Gasteiger partial charge in [0.2, 0.25) is 11.8 Å². The second-order valence-corrected chi connectivity index (χ2v) is 13.9. The van der Waals surface area contributed by atoms with Crippen LogP contribution in [0.2, 0.25) is 0 Å². The van der Waals surface area contributed by atoms with Crippen LogP contribution in [0, 0.1) is 5.82 Å². The van der Waals surface area contributed by atoms with Gasteiger partial charge in [0, 0.05) is 25.1 Å². The molecule has 1 fully saturated rings. The number of nitrogens with zero attached hydrogens (tertiary/aromatic N) is 2. The Labute approximate surface area is 287 Å². The molecule has 0 unspecified atom stereocenters. The van der Waals surface area contributed by atoms with Crippen LogP contribution in [0.5, 0.6) is 11.5 Å². The summed E-state index contributed by atoms with van der Waals surface area (Å²) in [4.78, 5) is 30.3. The molecule has 5 rings (SSSR count). The summed E-state index contributed by atoms with van der Waals surface area (Å²) in [7, 11) is -1.39. The molecule has 1 aliphatic rings. The fourth-order valence-electron chi connectivity index (χ4n) is 6.11. The lowest BCUT2D eigenvalue weighted by atomic mass is 9.94. The minimum absolute atomic E-state index is 0.0152. The number of benzene rings is 4. The number of nitrogens with one attached hydrogen (secondary N) is 1. The van der Waals surface area contributed by atoms with Gasteiger partial charge in [-0.3, -0.25) is 13.9 Å². The third-order valence-corrected chi connectivity index (χ3v) is 10.5. The molecule has 0 radical (unpaired) electrons. The summed E-state index contributed by atoms with van der Waals surface area (Å²) in [6.07, 6.45) is 5.00. The zero-order valence-electron chi connectivity index (χ0n) is 27.8. The van der Waals surface area contributed by atoms with Gasteiger partial charge >= 0.3 is 0 Å². The van der Waals surface area contributed by atoms with Crippen molar-refractivity contribution >= 4 is 27.5 Å². The van der Waals surface area contributed by atoms with E-state index in [2.05, 4.69) is 5.32 Å². The quantitative estimate of drug-likeness (QED) is 0.171. The number of ether oxygens (including phenoxy) is 2. The first-order valence-corrected chi connectivity index (χ1v) is 17.8. The number of carbonyl (C=O) groups is 2. The Morgan fingerprint density at radius 1 is 0.816 bits per heavy atom.